The van der Waals surface area contributed by atoms with Gasteiger partial charge < -0.3 is 10.1 Å². The van der Waals surface area contributed by atoms with Crippen LogP contribution >= 0.6 is 0 Å². The van der Waals surface area contributed by atoms with Gasteiger partial charge in [-0.05, 0) is 24.3 Å². The first-order valence-corrected chi connectivity index (χ1v) is 6.68. The minimum Gasteiger partial charge on any atom is -0.421 e. The van der Waals surface area contributed by atoms with Gasteiger partial charge >= 0.3 is 6.01 Å². The molecule has 0 aliphatic heterocycles. The highest BCUT2D eigenvalue weighted by molar-refractivity contribution is 6.03. The number of anilines is 1. The summed E-state index contributed by atoms with van der Waals surface area (Å²) in [5, 5.41) is 2.64. The molecule has 0 saturated heterocycles. The number of carbonyl (C=O) groups excluding carboxylic acids is 1. The third-order valence-electron chi connectivity index (χ3n) is 2.87. The van der Waals surface area contributed by atoms with Gasteiger partial charge in [0.2, 0.25) is 0 Å². The van der Waals surface area contributed by atoms with Crippen molar-refractivity contribution in [1.82, 2.24) is 15.0 Å². The van der Waals surface area contributed by atoms with Gasteiger partial charge in [-0.2, -0.15) is 0 Å². The molecule has 0 aliphatic rings. The molecule has 7 heteroatoms. The lowest BCUT2D eigenvalue weighted by molar-refractivity contribution is 0.102. The molecule has 2 heterocycles. The summed E-state index contributed by atoms with van der Waals surface area (Å²) >= 11 is 0. The highest BCUT2D eigenvalue weighted by atomic mass is 19.1. The number of hydrogen-bond donors (Lipinski definition) is 1. The third-order valence-corrected chi connectivity index (χ3v) is 2.87. The summed E-state index contributed by atoms with van der Waals surface area (Å²) in [7, 11) is 0. The number of halogens is 1. The van der Waals surface area contributed by atoms with E-state index in [1.165, 1.54) is 36.9 Å². The van der Waals surface area contributed by atoms with Gasteiger partial charge in [0.05, 0.1) is 18.1 Å². The number of carbonyl (C=O) groups is 1. The Morgan fingerprint density at radius 3 is 2.43 bits per heavy atom. The summed E-state index contributed by atoms with van der Waals surface area (Å²) in [6, 6.07) is 9.11. The highest BCUT2D eigenvalue weighted by Crippen LogP contribution is 2.21. The third kappa shape index (κ3) is 3.65. The van der Waals surface area contributed by atoms with E-state index in [2.05, 4.69) is 20.3 Å². The van der Waals surface area contributed by atoms with Crippen molar-refractivity contribution >= 4 is 11.6 Å². The summed E-state index contributed by atoms with van der Waals surface area (Å²) in [4.78, 5) is 23.7. The van der Waals surface area contributed by atoms with E-state index in [0.717, 1.165) is 0 Å². The van der Waals surface area contributed by atoms with E-state index in [-0.39, 0.29) is 17.7 Å². The number of amides is 1. The highest BCUT2D eigenvalue weighted by Gasteiger charge is 2.08. The van der Waals surface area contributed by atoms with Crippen molar-refractivity contribution in [2.24, 2.45) is 0 Å². The van der Waals surface area contributed by atoms with Gasteiger partial charge in [-0.3, -0.25) is 9.78 Å². The Balaban J connectivity index is 1.68. The van der Waals surface area contributed by atoms with Crippen LogP contribution in [0.25, 0.3) is 0 Å². The number of para-hydroxylation sites is 1. The Kier molecular flexibility index (Phi) is 4.19. The molecule has 0 saturated carbocycles. The number of aromatic nitrogens is 3. The Morgan fingerprint density at radius 1 is 1.04 bits per heavy atom. The standard InChI is InChI=1S/C16H11FN4O2/c17-13-3-1-2-4-14(13)23-16-19-9-12(10-20-16)21-15(22)11-5-7-18-8-6-11/h1-10H,(H,21,22). The van der Waals surface area contributed by atoms with Crippen LogP contribution in [0.3, 0.4) is 0 Å². The molecule has 6 nitrogen and oxygen atoms in total. The van der Waals surface area contributed by atoms with Gasteiger partial charge in [0.15, 0.2) is 11.6 Å². The minimum atomic E-state index is -0.508. The van der Waals surface area contributed by atoms with Crippen LogP contribution in [0.2, 0.25) is 0 Å². The van der Waals surface area contributed by atoms with E-state index in [1.54, 1.807) is 24.3 Å². The van der Waals surface area contributed by atoms with E-state index < -0.39 is 5.82 Å². The van der Waals surface area contributed by atoms with Crippen LogP contribution in [0.15, 0.2) is 61.2 Å². The average Bonchev–Trinajstić information content (AvgIpc) is 2.59. The summed E-state index contributed by atoms with van der Waals surface area (Å²) in [5.74, 6) is -0.786. The predicted molar refractivity (Wildman–Crippen MR) is 80.7 cm³/mol. The van der Waals surface area contributed by atoms with Crippen LogP contribution in [-0.4, -0.2) is 20.9 Å². The number of pyridine rings is 1. The monoisotopic (exact) mass is 310 g/mol. The first-order chi connectivity index (χ1) is 11.2. The number of nitrogens with one attached hydrogen (secondary N) is 1. The number of nitrogens with zero attached hydrogens (tertiary/aromatic N) is 3. The summed E-state index contributed by atoms with van der Waals surface area (Å²) in [6.07, 6.45) is 5.80. The fourth-order valence-corrected chi connectivity index (χ4v) is 1.77. The molecular weight excluding hydrogens is 299 g/mol. The molecule has 0 bridgehead atoms. The zero-order valence-corrected chi connectivity index (χ0v) is 11.8. The van der Waals surface area contributed by atoms with Crippen molar-refractivity contribution in [3.63, 3.8) is 0 Å². The van der Waals surface area contributed by atoms with Gasteiger partial charge in [-0.1, -0.05) is 12.1 Å². The molecule has 0 atom stereocenters. The van der Waals surface area contributed by atoms with Crippen molar-refractivity contribution in [2.45, 2.75) is 0 Å². The average molecular weight is 310 g/mol. The zero-order chi connectivity index (χ0) is 16.1. The van der Waals surface area contributed by atoms with Crippen molar-refractivity contribution in [1.29, 1.82) is 0 Å². The van der Waals surface area contributed by atoms with Crippen LogP contribution in [0.1, 0.15) is 10.4 Å². The van der Waals surface area contributed by atoms with Crippen LogP contribution < -0.4 is 10.1 Å². The molecule has 0 fully saturated rings. The van der Waals surface area contributed by atoms with Crippen LogP contribution in [0.4, 0.5) is 10.1 Å². The molecule has 1 amide bonds. The van der Waals surface area contributed by atoms with E-state index in [9.17, 15) is 9.18 Å². The molecular formula is C16H11FN4O2. The molecule has 0 unspecified atom stereocenters. The molecule has 3 rings (SSSR count). The lowest BCUT2D eigenvalue weighted by Gasteiger charge is -2.06. The molecule has 1 aromatic carbocycles. The van der Waals surface area contributed by atoms with E-state index in [1.807, 2.05) is 0 Å². The maximum Gasteiger partial charge on any atom is 0.322 e. The second-order valence-electron chi connectivity index (χ2n) is 4.48. The quantitative estimate of drug-likeness (QED) is 0.801. The van der Waals surface area contributed by atoms with Crippen molar-refractivity contribution in [2.75, 3.05) is 5.32 Å². The second-order valence-corrected chi connectivity index (χ2v) is 4.48. The first-order valence-electron chi connectivity index (χ1n) is 6.68. The summed E-state index contributed by atoms with van der Waals surface area (Å²) < 4.78 is 18.7. The Labute approximate surface area is 131 Å². The van der Waals surface area contributed by atoms with E-state index >= 15 is 0 Å². The van der Waals surface area contributed by atoms with Crippen LogP contribution in [0, 0.1) is 5.82 Å². The molecule has 0 radical (unpaired) electrons. The van der Waals surface area contributed by atoms with E-state index in [0.29, 0.717) is 11.3 Å². The van der Waals surface area contributed by atoms with Crippen LogP contribution in [0.5, 0.6) is 11.8 Å². The Bertz CT molecular complexity index is 810. The topological polar surface area (TPSA) is 77.0 Å². The predicted octanol–water partition coefficient (Wildman–Crippen LogP) is 3.06. The Hall–Kier alpha value is -3.35. The molecule has 23 heavy (non-hydrogen) atoms. The number of hydrogen-bond acceptors (Lipinski definition) is 5. The fraction of sp³-hybridized carbons (Fsp3) is 0. The van der Waals surface area contributed by atoms with Crippen molar-refractivity contribution in [3.8, 4) is 11.8 Å². The van der Waals surface area contributed by atoms with Crippen LogP contribution in [-0.2, 0) is 0 Å². The minimum absolute atomic E-state index is 0.0167. The maximum absolute atomic E-state index is 13.5. The molecule has 0 aliphatic carbocycles. The van der Waals surface area contributed by atoms with Gasteiger partial charge in [-0.25, -0.2) is 14.4 Å². The van der Waals surface area contributed by atoms with Gasteiger partial charge in [0.25, 0.3) is 5.91 Å². The lowest BCUT2D eigenvalue weighted by atomic mass is 10.2. The fourth-order valence-electron chi connectivity index (χ4n) is 1.77. The Morgan fingerprint density at radius 2 is 1.74 bits per heavy atom. The number of rotatable bonds is 4. The lowest BCUT2D eigenvalue weighted by Crippen LogP contribution is -2.12. The molecule has 114 valence electrons. The first kappa shape index (κ1) is 14.6. The summed E-state index contributed by atoms with van der Waals surface area (Å²) in [5.41, 5.74) is 0.861. The number of benzene rings is 1. The zero-order valence-electron chi connectivity index (χ0n) is 11.8. The number of ether oxygens (including phenoxy) is 1. The SMILES string of the molecule is O=C(Nc1cnc(Oc2ccccc2F)nc1)c1ccncc1. The van der Waals surface area contributed by atoms with Gasteiger partial charge in [-0.15, -0.1) is 0 Å². The molecule has 3 aromatic rings. The smallest absolute Gasteiger partial charge is 0.322 e. The van der Waals surface area contributed by atoms with Crippen molar-refractivity contribution < 1.29 is 13.9 Å². The molecule has 1 N–H and O–H groups in total. The molecule has 2 aromatic heterocycles. The molecule has 0 spiro atoms. The largest absolute Gasteiger partial charge is 0.421 e. The normalized spacial score (nSPS) is 10.1. The van der Waals surface area contributed by atoms with E-state index in [4.69, 9.17) is 4.74 Å². The van der Waals surface area contributed by atoms with Crippen molar-refractivity contribution in [3.05, 3.63) is 72.6 Å². The summed E-state index contributed by atoms with van der Waals surface area (Å²) in [6.45, 7) is 0. The van der Waals surface area contributed by atoms with Gasteiger partial charge in [0.1, 0.15) is 0 Å². The maximum atomic E-state index is 13.5. The van der Waals surface area contributed by atoms with Gasteiger partial charge in [0, 0.05) is 18.0 Å². The second kappa shape index (κ2) is 6.61.